The van der Waals surface area contributed by atoms with Crippen molar-refractivity contribution in [2.24, 2.45) is 0 Å². The predicted molar refractivity (Wildman–Crippen MR) is 108 cm³/mol. The predicted octanol–water partition coefficient (Wildman–Crippen LogP) is 5.46. The molecular formula is C19H13Cl3N4O. The Morgan fingerprint density at radius 1 is 0.889 bits per heavy atom. The smallest absolute Gasteiger partial charge is 0.169 e. The van der Waals surface area contributed by atoms with Gasteiger partial charge in [-0.3, -0.25) is 4.40 Å². The molecule has 1 unspecified atom stereocenters. The molecule has 2 N–H and O–H groups in total. The van der Waals surface area contributed by atoms with Crippen molar-refractivity contribution in [3.8, 4) is 11.3 Å². The maximum absolute atomic E-state index is 10.9. The van der Waals surface area contributed by atoms with E-state index in [0.29, 0.717) is 37.9 Å². The van der Waals surface area contributed by atoms with Crippen LogP contribution in [0.1, 0.15) is 11.9 Å². The van der Waals surface area contributed by atoms with Gasteiger partial charge in [0.25, 0.3) is 0 Å². The summed E-state index contributed by atoms with van der Waals surface area (Å²) < 4.78 is 1.75. The number of rotatable bonds is 4. The van der Waals surface area contributed by atoms with Gasteiger partial charge in [0, 0.05) is 23.0 Å². The molecule has 0 saturated heterocycles. The lowest BCUT2D eigenvalue weighted by molar-refractivity contribution is 0.202. The van der Waals surface area contributed by atoms with Crippen LogP contribution >= 0.6 is 34.8 Å². The Labute approximate surface area is 170 Å². The lowest BCUT2D eigenvalue weighted by atomic mass is 10.1. The van der Waals surface area contributed by atoms with Crippen molar-refractivity contribution in [1.29, 1.82) is 0 Å². The number of imidazole rings is 1. The number of halogens is 3. The van der Waals surface area contributed by atoms with Crippen LogP contribution in [0.3, 0.4) is 0 Å². The van der Waals surface area contributed by atoms with E-state index in [-0.39, 0.29) is 0 Å². The van der Waals surface area contributed by atoms with E-state index in [1.54, 1.807) is 47.0 Å². The van der Waals surface area contributed by atoms with Crippen molar-refractivity contribution in [1.82, 2.24) is 14.4 Å². The number of anilines is 1. The Kier molecular flexibility index (Phi) is 4.93. The summed E-state index contributed by atoms with van der Waals surface area (Å²) in [6, 6.07) is 14.2. The molecule has 8 heteroatoms. The summed E-state index contributed by atoms with van der Waals surface area (Å²) in [6.07, 6.45) is 2.12. The number of benzene rings is 1. The number of aromatic nitrogens is 3. The van der Waals surface area contributed by atoms with Crippen LogP contribution in [0.2, 0.25) is 15.1 Å². The molecule has 4 aromatic rings. The van der Waals surface area contributed by atoms with Crippen molar-refractivity contribution in [3.05, 3.63) is 81.7 Å². The first kappa shape index (κ1) is 18.1. The highest BCUT2D eigenvalue weighted by Crippen LogP contribution is 2.31. The minimum Gasteiger partial charge on any atom is -0.368 e. The monoisotopic (exact) mass is 418 g/mol. The van der Waals surface area contributed by atoms with E-state index in [1.807, 2.05) is 12.1 Å². The summed E-state index contributed by atoms with van der Waals surface area (Å²) in [4.78, 5) is 8.81. The zero-order valence-electron chi connectivity index (χ0n) is 13.8. The molecule has 136 valence electrons. The fraction of sp³-hybridized carbons (Fsp3) is 0.0526. The molecule has 27 heavy (non-hydrogen) atoms. The molecule has 0 aliphatic heterocycles. The number of fused-ring (bicyclic) bond motifs is 1. The highest BCUT2D eigenvalue weighted by atomic mass is 35.5. The molecule has 0 amide bonds. The Morgan fingerprint density at radius 3 is 2.30 bits per heavy atom. The molecule has 4 rings (SSSR count). The third kappa shape index (κ3) is 3.73. The normalized spacial score (nSPS) is 12.3. The standard InChI is InChI=1S/C19H13Cl3N4O/c20-12-3-1-11(2-4-12)17-18(26-10-14(22)6-8-16(26)25-17)19(27)24-15-7-5-13(21)9-23-15/h1-10,19,27H,(H,23,24). The van der Waals surface area contributed by atoms with E-state index in [1.165, 1.54) is 6.20 Å². The molecule has 0 aliphatic rings. The largest absolute Gasteiger partial charge is 0.368 e. The van der Waals surface area contributed by atoms with Gasteiger partial charge in [0.2, 0.25) is 0 Å². The zero-order chi connectivity index (χ0) is 19.0. The minimum atomic E-state index is -1.09. The SMILES string of the molecule is OC(Nc1ccc(Cl)cn1)c1c(-c2ccc(Cl)cc2)nc2ccc(Cl)cn12. The van der Waals surface area contributed by atoms with Crippen LogP contribution in [0.15, 0.2) is 60.9 Å². The summed E-state index contributed by atoms with van der Waals surface area (Å²) in [5.74, 6) is 0.478. The Hall–Kier alpha value is -2.31. The van der Waals surface area contributed by atoms with Gasteiger partial charge in [0.05, 0.1) is 21.4 Å². The molecule has 0 aliphatic carbocycles. The zero-order valence-corrected chi connectivity index (χ0v) is 16.0. The number of nitrogens with zero attached hydrogens (tertiary/aromatic N) is 3. The fourth-order valence-corrected chi connectivity index (χ4v) is 3.19. The molecule has 0 bridgehead atoms. The topological polar surface area (TPSA) is 62.5 Å². The molecule has 1 atom stereocenters. The molecule has 0 fully saturated rings. The van der Waals surface area contributed by atoms with E-state index in [4.69, 9.17) is 34.8 Å². The number of nitrogens with one attached hydrogen (secondary N) is 1. The lowest BCUT2D eigenvalue weighted by Gasteiger charge is -2.15. The minimum absolute atomic E-state index is 0.478. The van der Waals surface area contributed by atoms with Crippen LogP contribution in [0.25, 0.3) is 16.9 Å². The van der Waals surface area contributed by atoms with Crippen LogP contribution in [0.5, 0.6) is 0 Å². The van der Waals surface area contributed by atoms with Crippen LogP contribution in [-0.4, -0.2) is 19.5 Å². The second kappa shape index (κ2) is 7.37. The highest BCUT2D eigenvalue weighted by molar-refractivity contribution is 6.31. The van der Waals surface area contributed by atoms with Crippen molar-refractivity contribution in [3.63, 3.8) is 0 Å². The second-order valence-corrected chi connectivity index (χ2v) is 7.15. The maximum Gasteiger partial charge on any atom is 0.169 e. The third-order valence-electron chi connectivity index (χ3n) is 4.01. The average molecular weight is 420 g/mol. The molecule has 0 spiro atoms. The quantitative estimate of drug-likeness (QED) is 0.431. The van der Waals surface area contributed by atoms with Gasteiger partial charge in [-0.2, -0.15) is 0 Å². The maximum atomic E-state index is 10.9. The molecule has 0 saturated carbocycles. The fourth-order valence-electron chi connectivity index (χ4n) is 2.79. The first-order valence-corrected chi connectivity index (χ1v) is 9.14. The van der Waals surface area contributed by atoms with Gasteiger partial charge >= 0.3 is 0 Å². The Bertz CT molecular complexity index is 1090. The van der Waals surface area contributed by atoms with Gasteiger partial charge in [-0.25, -0.2) is 9.97 Å². The first-order chi connectivity index (χ1) is 13.0. The molecule has 3 aromatic heterocycles. The van der Waals surface area contributed by atoms with Crippen molar-refractivity contribution < 1.29 is 5.11 Å². The lowest BCUT2D eigenvalue weighted by Crippen LogP contribution is -2.14. The van der Waals surface area contributed by atoms with E-state index >= 15 is 0 Å². The van der Waals surface area contributed by atoms with Crippen molar-refractivity contribution in [2.75, 3.05) is 5.32 Å². The summed E-state index contributed by atoms with van der Waals surface area (Å²) >= 11 is 18.0. The van der Waals surface area contributed by atoms with Gasteiger partial charge in [0.1, 0.15) is 11.5 Å². The Balaban J connectivity index is 1.83. The van der Waals surface area contributed by atoms with E-state index < -0.39 is 6.23 Å². The summed E-state index contributed by atoms with van der Waals surface area (Å²) in [5.41, 5.74) is 2.62. The van der Waals surface area contributed by atoms with E-state index in [0.717, 1.165) is 5.56 Å². The van der Waals surface area contributed by atoms with Gasteiger partial charge in [-0.1, -0.05) is 46.9 Å². The number of aliphatic hydroxyl groups is 1. The van der Waals surface area contributed by atoms with Gasteiger partial charge < -0.3 is 10.4 Å². The molecule has 1 aromatic carbocycles. The Morgan fingerprint density at radius 2 is 1.59 bits per heavy atom. The van der Waals surface area contributed by atoms with Gasteiger partial charge in [-0.15, -0.1) is 0 Å². The number of pyridine rings is 2. The number of hydrogen-bond donors (Lipinski definition) is 2. The second-order valence-electron chi connectivity index (χ2n) is 5.84. The first-order valence-electron chi connectivity index (χ1n) is 8.01. The van der Waals surface area contributed by atoms with Crippen molar-refractivity contribution >= 4 is 46.3 Å². The molecule has 3 heterocycles. The van der Waals surface area contributed by atoms with Gasteiger partial charge in [0.15, 0.2) is 6.23 Å². The third-order valence-corrected chi connectivity index (χ3v) is 4.71. The van der Waals surface area contributed by atoms with Crippen LogP contribution in [0.4, 0.5) is 5.82 Å². The highest BCUT2D eigenvalue weighted by Gasteiger charge is 2.21. The summed E-state index contributed by atoms with van der Waals surface area (Å²) in [7, 11) is 0. The van der Waals surface area contributed by atoms with Crippen LogP contribution in [-0.2, 0) is 0 Å². The van der Waals surface area contributed by atoms with Crippen LogP contribution in [0, 0.1) is 0 Å². The van der Waals surface area contributed by atoms with Gasteiger partial charge in [-0.05, 0) is 36.4 Å². The number of hydrogen-bond acceptors (Lipinski definition) is 4. The molecule has 0 radical (unpaired) electrons. The van der Waals surface area contributed by atoms with E-state index in [2.05, 4.69) is 15.3 Å². The molecular weight excluding hydrogens is 407 g/mol. The summed E-state index contributed by atoms with van der Waals surface area (Å²) in [5, 5.41) is 15.5. The van der Waals surface area contributed by atoms with Crippen LogP contribution < -0.4 is 5.32 Å². The molecule has 5 nitrogen and oxygen atoms in total. The summed E-state index contributed by atoms with van der Waals surface area (Å²) in [6.45, 7) is 0. The average Bonchev–Trinajstić information content (AvgIpc) is 3.03. The van der Waals surface area contributed by atoms with Crippen molar-refractivity contribution in [2.45, 2.75) is 6.23 Å². The number of aliphatic hydroxyl groups excluding tert-OH is 1. The van der Waals surface area contributed by atoms with E-state index in [9.17, 15) is 5.11 Å².